The van der Waals surface area contributed by atoms with Gasteiger partial charge in [-0.25, -0.2) is 0 Å². The fraction of sp³-hybridized carbons (Fsp3) is 0.412. The molecule has 0 bridgehead atoms. The van der Waals surface area contributed by atoms with Crippen molar-refractivity contribution in [2.45, 2.75) is 24.9 Å². The predicted octanol–water partition coefficient (Wildman–Crippen LogP) is 1.41. The van der Waals surface area contributed by atoms with E-state index < -0.39 is 0 Å². The molecule has 8 heteroatoms. The highest BCUT2D eigenvalue weighted by molar-refractivity contribution is 7.99. The summed E-state index contributed by atoms with van der Waals surface area (Å²) in [6.07, 6.45) is 3.73. The molecule has 0 aliphatic carbocycles. The number of para-hydroxylation sites is 1. The molecule has 0 radical (unpaired) electrons. The number of aromatic nitrogens is 3. The van der Waals surface area contributed by atoms with Crippen LogP contribution in [0.3, 0.4) is 0 Å². The highest BCUT2D eigenvalue weighted by Gasteiger charge is 2.18. The van der Waals surface area contributed by atoms with E-state index in [9.17, 15) is 9.59 Å². The summed E-state index contributed by atoms with van der Waals surface area (Å²) in [6.45, 7) is 3.66. The number of thioether (sulfide) groups is 1. The van der Waals surface area contributed by atoms with E-state index in [1.54, 1.807) is 11.2 Å². The van der Waals surface area contributed by atoms with Crippen molar-refractivity contribution in [3.05, 3.63) is 36.2 Å². The third kappa shape index (κ3) is 4.39. The summed E-state index contributed by atoms with van der Waals surface area (Å²) in [5.74, 6) is -0.00601. The van der Waals surface area contributed by atoms with Crippen molar-refractivity contribution in [2.75, 3.05) is 25.4 Å². The Morgan fingerprint density at radius 1 is 1.24 bits per heavy atom. The summed E-state index contributed by atoms with van der Waals surface area (Å²) in [4.78, 5) is 25.7. The van der Waals surface area contributed by atoms with Gasteiger partial charge in [0.25, 0.3) is 0 Å². The van der Waals surface area contributed by atoms with E-state index in [-0.39, 0.29) is 24.1 Å². The van der Waals surface area contributed by atoms with Crippen molar-refractivity contribution in [1.29, 1.82) is 0 Å². The maximum absolute atomic E-state index is 12.0. The average Bonchev–Trinajstić information content (AvgIpc) is 3.30. The largest absolute Gasteiger partial charge is 0.346 e. The first-order chi connectivity index (χ1) is 12.1. The normalized spacial score (nSPS) is 13.9. The summed E-state index contributed by atoms with van der Waals surface area (Å²) in [5.41, 5.74) is 2.09. The number of carbonyl (C=O) groups is 2. The van der Waals surface area contributed by atoms with Gasteiger partial charge in [-0.15, -0.1) is 10.2 Å². The molecule has 0 atom stereocenters. The van der Waals surface area contributed by atoms with E-state index in [1.165, 1.54) is 11.8 Å². The quantitative estimate of drug-likeness (QED) is 0.789. The molecular weight excluding hydrogens is 338 g/mol. The van der Waals surface area contributed by atoms with Gasteiger partial charge in [-0.2, -0.15) is 0 Å². The number of carbonyl (C=O) groups excluding carboxylic acids is 2. The molecule has 1 fully saturated rings. The number of nitrogens with zero attached hydrogens (tertiary/aromatic N) is 4. The van der Waals surface area contributed by atoms with Crippen LogP contribution in [0, 0.1) is 6.92 Å². The molecule has 2 heterocycles. The van der Waals surface area contributed by atoms with Gasteiger partial charge >= 0.3 is 0 Å². The molecule has 1 saturated heterocycles. The van der Waals surface area contributed by atoms with E-state index in [4.69, 9.17) is 0 Å². The van der Waals surface area contributed by atoms with Gasteiger partial charge in [0.2, 0.25) is 11.8 Å². The number of nitrogens with one attached hydrogen (secondary N) is 1. The minimum absolute atomic E-state index is 0.0149. The number of aryl methyl sites for hydroxylation is 1. The first-order valence-corrected chi connectivity index (χ1v) is 9.27. The summed E-state index contributed by atoms with van der Waals surface area (Å²) < 4.78 is 1.86. The maximum Gasteiger partial charge on any atom is 0.241 e. The monoisotopic (exact) mass is 359 g/mol. The highest BCUT2D eigenvalue weighted by Crippen LogP contribution is 2.21. The van der Waals surface area contributed by atoms with Crippen LogP contribution in [0.25, 0.3) is 5.69 Å². The zero-order chi connectivity index (χ0) is 17.6. The van der Waals surface area contributed by atoms with Crippen LogP contribution in [0.1, 0.15) is 18.4 Å². The Morgan fingerprint density at radius 3 is 2.76 bits per heavy atom. The Labute approximate surface area is 150 Å². The van der Waals surface area contributed by atoms with Gasteiger partial charge < -0.3 is 10.2 Å². The fourth-order valence-electron chi connectivity index (χ4n) is 2.76. The second-order valence-corrected chi connectivity index (χ2v) is 6.87. The maximum atomic E-state index is 12.0. The second-order valence-electron chi connectivity index (χ2n) is 5.92. The smallest absolute Gasteiger partial charge is 0.241 e. The minimum atomic E-state index is -0.183. The molecule has 0 spiro atoms. The molecule has 7 nitrogen and oxygen atoms in total. The van der Waals surface area contributed by atoms with E-state index in [2.05, 4.69) is 15.5 Å². The fourth-order valence-corrected chi connectivity index (χ4v) is 3.51. The summed E-state index contributed by atoms with van der Waals surface area (Å²) in [7, 11) is 0. The average molecular weight is 359 g/mol. The van der Waals surface area contributed by atoms with E-state index in [0.717, 1.165) is 37.2 Å². The van der Waals surface area contributed by atoms with Crippen molar-refractivity contribution in [3.63, 3.8) is 0 Å². The van der Waals surface area contributed by atoms with Crippen molar-refractivity contribution >= 4 is 23.6 Å². The Kier molecular flexibility index (Phi) is 5.70. The molecule has 1 aliphatic rings. The number of amides is 2. The van der Waals surface area contributed by atoms with Crippen LogP contribution < -0.4 is 5.32 Å². The van der Waals surface area contributed by atoms with E-state index >= 15 is 0 Å². The topological polar surface area (TPSA) is 80.1 Å². The molecule has 1 aromatic carbocycles. The Bertz CT molecular complexity index is 755. The molecule has 132 valence electrons. The zero-order valence-corrected chi connectivity index (χ0v) is 15.0. The summed E-state index contributed by atoms with van der Waals surface area (Å²) in [5, 5.41) is 11.4. The molecule has 1 N–H and O–H groups in total. The Balaban J connectivity index is 1.52. The third-order valence-corrected chi connectivity index (χ3v) is 5.06. The van der Waals surface area contributed by atoms with Gasteiger partial charge in [0.1, 0.15) is 6.33 Å². The molecule has 1 aromatic heterocycles. The van der Waals surface area contributed by atoms with Crippen LogP contribution >= 0.6 is 11.8 Å². The van der Waals surface area contributed by atoms with Crippen LogP contribution in [0.5, 0.6) is 0 Å². The number of benzene rings is 1. The lowest BCUT2D eigenvalue weighted by Crippen LogP contribution is -2.39. The van der Waals surface area contributed by atoms with Gasteiger partial charge in [-0.3, -0.25) is 14.2 Å². The van der Waals surface area contributed by atoms with Crippen molar-refractivity contribution < 1.29 is 9.59 Å². The van der Waals surface area contributed by atoms with E-state index in [1.807, 2.05) is 35.8 Å². The molecular formula is C17H21N5O2S. The SMILES string of the molecule is Cc1ccccc1-n1cnnc1SCC(=O)NCC(=O)N1CCCC1. The van der Waals surface area contributed by atoms with Crippen molar-refractivity contribution in [3.8, 4) is 5.69 Å². The summed E-state index contributed by atoms with van der Waals surface area (Å²) in [6, 6.07) is 7.92. The lowest BCUT2D eigenvalue weighted by molar-refractivity contribution is -0.131. The third-order valence-electron chi connectivity index (χ3n) is 4.12. The Morgan fingerprint density at radius 2 is 2.00 bits per heavy atom. The van der Waals surface area contributed by atoms with Crippen molar-refractivity contribution in [1.82, 2.24) is 25.0 Å². The zero-order valence-electron chi connectivity index (χ0n) is 14.1. The first-order valence-electron chi connectivity index (χ1n) is 8.28. The van der Waals surface area contributed by atoms with Gasteiger partial charge in [-0.1, -0.05) is 30.0 Å². The first kappa shape index (κ1) is 17.5. The molecule has 2 aromatic rings. The van der Waals surface area contributed by atoms with Gasteiger partial charge in [0.15, 0.2) is 5.16 Å². The standard InChI is InChI=1S/C17H21N5O2S/c1-13-6-2-3-7-14(13)22-12-19-20-17(22)25-11-15(23)18-10-16(24)21-8-4-5-9-21/h2-3,6-7,12H,4-5,8-11H2,1H3,(H,18,23). The van der Waals surface area contributed by atoms with Crippen LogP contribution in [-0.4, -0.2) is 56.9 Å². The number of hydrogen-bond donors (Lipinski definition) is 1. The lowest BCUT2D eigenvalue weighted by atomic mass is 10.2. The molecule has 3 rings (SSSR count). The van der Waals surface area contributed by atoms with Gasteiger partial charge in [0.05, 0.1) is 18.0 Å². The molecule has 0 saturated carbocycles. The number of hydrogen-bond acceptors (Lipinski definition) is 5. The number of likely N-dealkylation sites (tertiary alicyclic amines) is 1. The van der Waals surface area contributed by atoms with Gasteiger partial charge in [-0.05, 0) is 31.4 Å². The van der Waals surface area contributed by atoms with E-state index in [0.29, 0.717) is 5.16 Å². The van der Waals surface area contributed by atoms with Crippen LogP contribution in [0.4, 0.5) is 0 Å². The van der Waals surface area contributed by atoms with Crippen LogP contribution in [-0.2, 0) is 9.59 Å². The molecule has 2 amide bonds. The van der Waals surface area contributed by atoms with Crippen molar-refractivity contribution in [2.24, 2.45) is 0 Å². The molecule has 0 unspecified atom stereocenters. The van der Waals surface area contributed by atoms with Crippen LogP contribution in [0.15, 0.2) is 35.7 Å². The Hall–Kier alpha value is -2.35. The second kappa shape index (κ2) is 8.15. The summed E-state index contributed by atoms with van der Waals surface area (Å²) >= 11 is 1.30. The van der Waals surface area contributed by atoms with Gasteiger partial charge in [0, 0.05) is 13.1 Å². The van der Waals surface area contributed by atoms with Crippen LogP contribution in [0.2, 0.25) is 0 Å². The number of rotatable bonds is 6. The minimum Gasteiger partial charge on any atom is -0.346 e. The molecule has 1 aliphatic heterocycles. The molecule has 25 heavy (non-hydrogen) atoms. The predicted molar refractivity (Wildman–Crippen MR) is 95.6 cm³/mol. The lowest BCUT2D eigenvalue weighted by Gasteiger charge is -2.15. The highest BCUT2D eigenvalue weighted by atomic mass is 32.2.